The monoisotopic (exact) mass is 418 g/mol. The first kappa shape index (κ1) is 20.0. The third kappa shape index (κ3) is 3.35. The summed E-state index contributed by atoms with van der Waals surface area (Å²) in [4.78, 5) is 42.2. The number of nitro benzene ring substituents is 1. The average molecular weight is 418 g/mol. The van der Waals surface area contributed by atoms with Crippen molar-refractivity contribution in [3.63, 3.8) is 0 Å². The lowest BCUT2D eigenvalue weighted by Gasteiger charge is -2.12. The highest BCUT2D eigenvalue weighted by atomic mass is 16.6. The molecule has 1 aliphatic heterocycles. The van der Waals surface area contributed by atoms with Crippen LogP contribution in [0.5, 0.6) is 5.88 Å². The molecule has 156 valence electrons. The minimum absolute atomic E-state index is 0.118. The quantitative estimate of drug-likeness (QED) is 0.497. The Balaban J connectivity index is 1.94. The van der Waals surface area contributed by atoms with Gasteiger partial charge in [-0.25, -0.2) is 9.36 Å². The molecule has 0 fully saturated rings. The van der Waals surface area contributed by atoms with Gasteiger partial charge in [0.05, 0.1) is 16.3 Å². The zero-order valence-electron chi connectivity index (χ0n) is 17.0. The number of aromatic nitrogens is 2. The molecule has 0 aliphatic carbocycles. The zero-order valence-corrected chi connectivity index (χ0v) is 17.0. The van der Waals surface area contributed by atoms with Crippen LogP contribution in [0.4, 0.5) is 11.4 Å². The highest BCUT2D eigenvalue weighted by Gasteiger charge is 2.23. The van der Waals surface area contributed by atoms with Crippen molar-refractivity contribution >= 4 is 28.7 Å². The van der Waals surface area contributed by atoms with Gasteiger partial charge in [0.15, 0.2) is 0 Å². The van der Waals surface area contributed by atoms with Crippen molar-refractivity contribution < 1.29 is 10.0 Å². The molecule has 2 N–H and O–H groups in total. The van der Waals surface area contributed by atoms with E-state index in [0.717, 1.165) is 15.7 Å². The number of benzene rings is 2. The fourth-order valence-electron chi connectivity index (χ4n) is 3.49. The summed E-state index contributed by atoms with van der Waals surface area (Å²) < 4.78 is 1.01. The van der Waals surface area contributed by atoms with E-state index in [1.165, 1.54) is 24.3 Å². The van der Waals surface area contributed by atoms with Crippen LogP contribution in [0.3, 0.4) is 0 Å². The molecule has 0 amide bonds. The largest absolute Gasteiger partial charge is 0.494 e. The summed E-state index contributed by atoms with van der Waals surface area (Å²) in [5, 5.41) is 22.0. The van der Waals surface area contributed by atoms with Crippen molar-refractivity contribution in [1.29, 1.82) is 0 Å². The number of nitrogens with one attached hydrogen (secondary N) is 1. The van der Waals surface area contributed by atoms with Gasteiger partial charge in [0.1, 0.15) is 5.56 Å². The standard InChI is InChI=1S/C22H18N4O5/c1-11-4-5-14(8-12(11)2)25-21(28)18(20(27)24-22(25)29)10-16-13(3)23-19-7-6-15(26(30)31)9-17(16)19/h4-10,28H,1-3H3,(H,24,27,29). The van der Waals surface area contributed by atoms with Crippen LogP contribution >= 0.6 is 0 Å². The number of aryl methyl sites for hydroxylation is 2. The number of aliphatic imine (C=N–C) groups is 1. The van der Waals surface area contributed by atoms with Gasteiger partial charge in [-0.1, -0.05) is 6.07 Å². The molecule has 0 bridgehead atoms. The Morgan fingerprint density at radius 2 is 1.84 bits per heavy atom. The van der Waals surface area contributed by atoms with Crippen molar-refractivity contribution in [1.82, 2.24) is 9.55 Å². The number of allylic oxidation sites excluding steroid dienone is 1. The molecule has 0 saturated carbocycles. The number of aromatic amines is 1. The van der Waals surface area contributed by atoms with Crippen molar-refractivity contribution in [2.75, 3.05) is 0 Å². The van der Waals surface area contributed by atoms with Crippen LogP contribution in [0.15, 0.2) is 51.0 Å². The normalized spacial score (nSPS) is 13.9. The number of hydrogen-bond acceptors (Lipinski definition) is 6. The van der Waals surface area contributed by atoms with Gasteiger partial charge in [-0.15, -0.1) is 0 Å². The fourth-order valence-corrected chi connectivity index (χ4v) is 3.49. The Morgan fingerprint density at radius 1 is 1.10 bits per heavy atom. The lowest BCUT2D eigenvalue weighted by molar-refractivity contribution is -0.384. The number of aromatic hydroxyl groups is 1. The first-order chi connectivity index (χ1) is 14.7. The summed E-state index contributed by atoms with van der Waals surface area (Å²) in [6, 6.07) is 9.45. The summed E-state index contributed by atoms with van der Waals surface area (Å²) in [7, 11) is 0. The Labute approximate surface area is 175 Å². The van der Waals surface area contributed by atoms with Crippen molar-refractivity contribution in [3.8, 4) is 11.6 Å². The summed E-state index contributed by atoms with van der Waals surface area (Å²) in [5.41, 5.74) is 2.46. The molecule has 0 spiro atoms. The number of fused-ring (bicyclic) bond motifs is 1. The molecule has 0 unspecified atom stereocenters. The maximum absolute atomic E-state index is 12.5. The minimum Gasteiger partial charge on any atom is -0.494 e. The number of rotatable bonds is 3. The van der Waals surface area contributed by atoms with E-state index in [1.807, 2.05) is 19.9 Å². The Morgan fingerprint density at radius 3 is 2.52 bits per heavy atom. The first-order valence-corrected chi connectivity index (χ1v) is 9.39. The second kappa shape index (κ2) is 7.21. The molecule has 1 aromatic heterocycles. The molecule has 0 radical (unpaired) electrons. The molecule has 31 heavy (non-hydrogen) atoms. The molecule has 2 heterocycles. The van der Waals surface area contributed by atoms with Crippen molar-refractivity contribution in [2.24, 2.45) is 4.99 Å². The smallest absolute Gasteiger partial charge is 0.335 e. The zero-order chi connectivity index (χ0) is 22.4. The third-order valence-electron chi connectivity index (χ3n) is 5.32. The number of non-ortho nitro benzene ring substituents is 1. The number of nitro groups is 1. The maximum Gasteiger partial charge on any atom is 0.335 e. The predicted octanol–water partition coefficient (Wildman–Crippen LogP) is 3.40. The molecule has 9 heteroatoms. The number of nitrogens with zero attached hydrogens (tertiary/aromatic N) is 3. The van der Waals surface area contributed by atoms with E-state index in [9.17, 15) is 24.8 Å². The highest BCUT2D eigenvalue weighted by molar-refractivity contribution is 6.31. The lowest BCUT2D eigenvalue weighted by atomic mass is 10.0. The van der Waals surface area contributed by atoms with E-state index in [2.05, 4.69) is 9.98 Å². The highest BCUT2D eigenvalue weighted by Crippen LogP contribution is 2.38. The molecule has 1 aliphatic rings. The fraction of sp³-hybridized carbons (Fsp3) is 0.136. The van der Waals surface area contributed by atoms with Gasteiger partial charge in [0, 0.05) is 29.0 Å². The van der Waals surface area contributed by atoms with Crippen molar-refractivity contribution in [2.45, 2.75) is 20.8 Å². The molecule has 9 nitrogen and oxygen atoms in total. The molecule has 0 atom stereocenters. The second-order valence-electron chi connectivity index (χ2n) is 7.31. The topological polar surface area (TPSA) is 131 Å². The summed E-state index contributed by atoms with van der Waals surface area (Å²) in [5.74, 6) is -0.531. The Kier molecular flexibility index (Phi) is 4.65. The van der Waals surface area contributed by atoms with E-state index in [1.54, 1.807) is 19.1 Å². The summed E-state index contributed by atoms with van der Waals surface area (Å²) in [6.45, 7) is 5.49. The van der Waals surface area contributed by atoms with Gasteiger partial charge in [-0.2, -0.15) is 0 Å². The van der Waals surface area contributed by atoms with Gasteiger partial charge in [-0.3, -0.25) is 24.9 Å². The van der Waals surface area contributed by atoms with Gasteiger partial charge in [0.2, 0.25) is 5.88 Å². The van der Waals surface area contributed by atoms with E-state index in [4.69, 9.17) is 0 Å². The molecular weight excluding hydrogens is 400 g/mol. The van der Waals surface area contributed by atoms with E-state index in [-0.39, 0.29) is 11.3 Å². The summed E-state index contributed by atoms with van der Waals surface area (Å²) in [6.07, 6.45) is 1.39. The van der Waals surface area contributed by atoms with Crippen LogP contribution in [0.25, 0.3) is 17.3 Å². The van der Waals surface area contributed by atoms with Gasteiger partial charge >= 0.3 is 5.69 Å². The third-order valence-corrected chi connectivity index (χ3v) is 5.32. The molecule has 4 rings (SSSR count). The van der Waals surface area contributed by atoms with Crippen LogP contribution in [0, 0.1) is 24.0 Å². The number of H-pyrrole nitrogens is 1. The van der Waals surface area contributed by atoms with Crippen LogP contribution in [-0.4, -0.2) is 25.3 Å². The van der Waals surface area contributed by atoms with Gasteiger partial charge < -0.3 is 5.11 Å². The van der Waals surface area contributed by atoms with E-state index in [0.29, 0.717) is 28.2 Å². The average Bonchev–Trinajstić information content (AvgIpc) is 3.01. The minimum atomic E-state index is -0.777. The molecular formula is C22H18N4O5. The first-order valence-electron chi connectivity index (χ1n) is 9.39. The van der Waals surface area contributed by atoms with Crippen molar-refractivity contribution in [3.05, 3.63) is 89.6 Å². The van der Waals surface area contributed by atoms with Crippen LogP contribution < -0.4 is 11.2 Å². The second-order valence-corrected chi connectivity index (χ2v) is 7.31. The maximum atomic E-state index is 12.5. The Bertz CT molecular complexity index is 1440. The van der Waals surface area contributed by atoms with Crippen LogP contribution in [-0.2, 0) is 0 Å². The Hall–Kier alpha value is -4.27. The van der Waals surface area contributed by atoms with Crippen LogP contribution in [0.1, 0.15) is 29.2 Å². The number of hydrogen-bond donors (Lipinski definition) is 2. The lowest BCUT2D eigenvalue weighted by Crippen LogP contribution is -2.30. The molecule has 0 saturated heterocycles. The van der Waals surface area contributed by atoms with Crippen LogP contribution in [0.2, 0.25) is 0 Å². The SMILES string of the molecule is CC1=Nc2ccc([N+](=O)[O-])cc2C1=Cc1c(O)n(-c2ccc(C)c(C)c2)c(=O)[nH]c1=O. The van der Waals surface area contributed by atoms with Gasteiger partial charge in [-0.05, 0) is 56.2 Å². The van der Waals surface area contributed by atoms with Gasteiger partial charge in [0.25, 0.3) is 11.2 Å². The summed E-state index contributed by atoms with van der Waals surface area (Å²) >= 11 is 0. The molecule has 2 aromatic carbocycles. The van der Waals surface area contributed by atoms with E-state index >= 15 is 0 Å². The van der Waals surface area contributed by atoms with E-state index < -0.39 is 22.1 Å². The predicted molar refractivity (Wildman–Crippen MR) is 118 cm³/mol. The molecule has 3 aromatic rings.